The molecule has 0 unspecified atom stereocenters. The number of para-hydroxylation sites is 2. The molecule has 1 aromatic heterocycles. The molecule has 0 aliphatic carbocycles. The average molecular weight is 662 g/mol. The number of rotatable bonds is 3. The van der Waals surface area contributed by atoms with Crippen molar-refractivity contribution in [2.45, 2.75) is 12.7 Å². The maximum atomic E-state index is 13.7. The van der Waals surface area contributed by atoms with Gasteiger partial charge < -0.3 is 19.9 Å². The molecule has 0 bridgehead atoms. The number of nitrogens with zero attached hydrogens (tertiary/aromatic N) is 5. The summed E-state index contributed by atoms with van der Waals surface area (Å²) < 4.78 is 62.9. The second-order valence-corrected chi connectivity index (χ2v) is 7.22. The largest absolute Gasteiger partial charge is 0.504 e. The van der Waals surface area contributed by atoms with Crippen molar-refractivity contribution in [1.29, 1.82) is 0 Å². The first-order valence-electron chi connectivity index (χ1n) is 9.93. The van der Waals surface area contributed by atoms with E-state index < -0.39 is 23.6 Å². The van der Waals surface area contributed by atoms with Gasteiger partial charge in [0.05, 0.1) is 0 Å². The Labute approximate surface area is 212 Å². The second kappa shape index (κ2) is 11.0. The molecule has 4 aromatic rings. The molecule has 0 saturated carbocycles. The topological polar surface area (TPSA) is 46.4 Å². The van der Waals surface area contributed by atoms with Crippen LogP contribution in [0.5, 0.6) is 0 Å². The van der Waals surface area contributed by atoms with Gasteiger partial charge in [0, 0.05) is 43.1 Å². The van der Waals surface area contributed by atoms with Crippen LogP contribution in [0.15, 0.2) is 60.7 Å². The fourth-order valence-electron chi connectivity index (χ4n) is 3.24. The molecule has 185 valence electrons. The molecule has 3 aromatic carbocycles. The van der Waals surface area contributed by atoms with Crippen molar-refractivity contribution in [1.82, 2.24) is 15.2 Å². The Morgan fingerprint density at radius 3 is 2.37 bits per heavy atom. The van der Waals surface area contributed by atoms with E-state index in [9.17, 15) is 22.0 Å². The minimum atomic E-state index is -4.56. The summed E-state index contributed by atoms with van der Waals surface area (Å²) in [7, 11) is 1.93. The van der Waals surface area contributed by atoms with E-state index in [-0.39, 0.29) is 25.9 Å². The van der Waals surface area contributed by atoms with Gasteiger partial charge >= 0.3 is 6.18 Å². The Bertz CT molecular complexity index is 1260. The predicted octanol–water partition coefficient (Wildman–Crippen LogP) is 5.26. The number of anilines is 2. The van der Waals surface area contributed by atoms with Crippen LogP contribution in [0, 0.1) is 30.4 Å². The van der Waals surface area contributed by atoms with Crippen molar-refractivity contribution in [3.8, 4) is 11.4 Å². The van der Waals surface area contributed by atoms with Gasteiger partial charge in [-0.05, 0) is 25.7 Å². The van der Waals surface area contributed by atoms with Crippen LogP contribution in [0.3, 0.4) is 0 Å². The minimum Gasteiger partial charge on any atom is -0.504 e. The van der Waals surface area contributed by atoms with Gasteiger partial charge in [0.15, 0.2) is 0 Å². The van der Waals surface area contributed by atoms with E-state index >= 15 is 0 Å². The van der Waals surface area contributed by atoms with Crippen molar-refractivity contribution < 1.29 is 42.1 Å². The van der Waals surface area contributed by atoms with Crippen molar-refractivity contribution in [3.63, 3.8) is 0 Å². The predicted molar refractivity (Wildman–Crippen MR) is 115 cm³/mol. The summed E-state index contributed by atoms with van der Waals surface area (Å²) in [5, 5.41) is 6.30. The standard InChI is InChI=1S/C15H12F2N2.C9H4F3N3.Ir/c1-18-10-19(15-5-3-2-4-14(15)18)9-11-6-7-12(16)8-13(11)17;10-9(11,12)8-13-7(14-15-8)6-4-2-1-3-5-6;/h2-5,7-8,10H,9H2,1H3;1-4H;/q2*-2;. The van der Waals surface area contributed by atoms with Gasteiger partial charge in [0.1, 0.15) is 5.82 Å². The van der Waals surface area contributed by atoms with Crippen LogP contribution in [0.2, 0.25) is 0 Å². The van der Waals surface area contributed by atoms with Crippen molar-refractivity contribution in [3.05, 3.63) is 102 Å². The van der Waals surface area contributed by atoms with Crippen molar-refractivity contribution in [2.24, 2.45) is 0 Å². The van der Waals surface area contributed by atoms with Crippen LogP contribution in [-0.4, -0.2) is 17.1 Å². The maximum absolute atomic E-state index is 13.7. The molecule has 5 nitrogen and oxygen atoms in total. The zero-order valence-corrected chi connectivity index (χ0v) is 20.4. The molecular weight excluding hydrogens is 646 g/mol. The molecule has 5 rings (SSSR count). The molecule has 1 aliphatic heterocycles. The van der Waals surface area contributed by atoms with E-state index in [2.05, 4.69) is 27.3 Å². The number of fused-ring (bicyclic) bond motifs is 1. The molecule has 2 heterocycles. The molecule has 1 radical (unpaired) electrons. The third-order valence-corrected chi connectivity index (χ3v) is 4.80. The Kier molecular flexibility index (Phi) is 8.24. The number of benzene rings is 3. The number of alkyl halides is 3. The van der Waals surface area contributed by atoms with Gasteiger partial charge in [-0.1, -0.05) is 12.1 Å². The third kappa shape index (κ3) is 6.23. The van der Waals surface area contributed by atoms with E-state index in [4.69, 9.17) is 0 Å². The third-order valence-electron chi connectivity index (χ3n) is 4.80. The summed E-state index contributed by atoms with van der Waals surface area (Å²) in [6, 6.07) is 21.8. The number of hydrogen-bond acceptors (Lipinski definition) is 4. The van der Waals surface area contributed by atoms with Crippen LogP contribution in [0.25, 0.3) is 11.4 Å². The first-order valence-corrected chi connectivity index (χ1v) is 9.93. The fraction of sp³-hybridized carbons (Fsp3) is 0.125. The molecule has 0 saturated heterocycles. The first kappa shape index (κ1) is 26.3. The van der Waals surface area contributed by atoms with Crippen LogP contribution in [0.4, 0.5) is 33.3 Å². The van der Waals surface area contributed by atoms with Crippen LogP contribution >= 0.6 is 0 Å². The monoisotopic (exact) mass is 662 g/mol. The summed E-state index contributed by atoms with van der Waals surface area (Å²) in [5.41, 5.74) is 2.80. The molecule has 0 fully saturated rings. The Hall–Kier alpha value is -3.30. The van der Waals surface area contributed by atoms with Gasteiger partial charge in [0.2, 0.25) is 0 Å². The maximum Gasteiger partial charge on any atom is 0.429 e. The van der Waals surface area contributed by atoms with Crippen LogP contribution in [-0.2, 0) is 32.8 Å². The number of hydrogen-bond donors (Lipinski definition) is 0. The molecule has 11 heteroatoms. The normalized spacial score (nSPS) is 12.5. The minimum absolute atomic E-state index is 0. The van der Waals surface area contributed by atoms with Crippen molar-refractivity contribution >= 4 is 11.4 Å². The number of halogens is 5. The molecule has 1 aliphatic rings. The summed E-state index contributed by atoms with van der Waals surface area (Å²) in [6.45, 7) is 2.22. The van der Waals surface area contributed by atoms with Gasteiger partial charge in [-0.2, -0.15) is 31.5 Å². The zero-order chi connectivity index (χ0) is 24.3. The molecule has 35 heavy (non-hydrogen) atoms. The zero-order valence-electron chi connectivity index (χ0n) is 18.0. The van der Waals surface area contributed by atoms with Crippen LogP contribution < -0.4 is 14.9 Å². The summed E-state index contributed by atoms with van der Waals surface area (Å²) in [4.78, 5) is 7.16. The average Bonchev–Trinajstić information content (AvgIpc) is 3.43. The second-order valence-electron chi connectivity index (χ2n) is 7.22. The molecule has 0 spiro atoms. The van der Waals surface area contributed by atoms with Gasteiger partial charge in [0.25, 0.3) is 0 Å². The van der Waals surface area contributed by atoms with E-state index in [1.165, 1.54) is 0 Å². The fourth-order valence-corrected chi connectivity index (χ4v) is 3.24. The van der Waals surface area contributed by atoms with E-state index in [1.54, 1.807) is 24.3 Å². The van der Waals surface area contributed by atoms with Crippen LogP contribution in [0.1, 0.15) is 11.4 Å². The summed E-state index contributed by atoms with van der Waals surface area (Å²) in [6.07, 6.45) is -4.56. The van der Waals surface area contributed by atoms with E-state index in [1.807, 2.05) is 47.8 Å². The van der Waals surface area contributed by atoms with Crippen molar-refractivity contribution in [2.75, 3.05) is 16.8 Å². The summed E-state index contributed by atoms with van der Waals surface area (Å²) in [5.74, 6) is -2.47. The smallest absolute Gasteiger partial charge is 0.429 e. The molecule has 0 N–H and O–H groups in total. The molecule has 0 atom stereocenters. The Morgan fingerprint density at radius 1 is 1.03 bits per heavy atom. The SMILES string of the molecule is CN1[CH-]N(Cc2[c-]cc(F)cc2F)c2ccccc21.FC(F)(F)c1n[n-]c(-c2[c-]cccc2)n1.[Ir]. The van der Waals surface area contributed by atoms with Gasteiger partial charge in [-0.25, -0.2) is 0 Å². The number of aromatic nitrogens is 3. The van der Waals surface area contributed by atoms with E-state index in [0.29, 0.717) is 17.7 Å². The van der Waals surface area contributed by atoms with Gasteiger partial charge in [-0.15, -0.1) is 53.9 Å². The molecular formula is C24H16F5IrN5-4. The van der Waals surface area contributed by atoms with Gasteiger partial charge in [-0.3, -0.25) is 13.9 Å². The Morgan fingerprint density at radius 2 is 1.74 bits per heavy atom. The van der Waals surface area contributed by atoms with E-state index in [0.717, 1.165) is 23.5 Å². The summed E-state index contributed by atoms with van der Waals surface area (Å²) >= 11 is 0. The Balaban J connectivity index is 0.000000195. The molecule has 0 amide bonds. The quantitative estimate of drug-likeness (QED) is 0.222. The first-order chi connectivity index (χ1) is 16.2.